The van der Waals surface area contributed by atoms with Crippen molar-refractivity contribution in [1.82, 2.24) is 10.2 Å². The van der Waals surface area contributed by atoms with E-state index in [4.69, 9.17) is 4.74 Å². The average molecular weight is 394 g/mol. The average Bonchev–Trinajstić information content (AvgIpc) is 3.09. The summed E-state index contributed by atoms with van der Waals surface area (Å²) < 4.78 is 5.55. The number of carbonyl (C=O) groups is 1. The normalized spacial score (nSPS) is 17.8. The molecule has 0 spiro atoms. The van der Waals surface area contributed by atoms with Gasteiger partial charge in [-0.1, -0.05) is 42.0 Å². The summed E-state index contributed by atoms with van der Waals surface area (Å²) in [5.74, 6) is 0.0785. The highest BCUT2D eigenvalue weighted by Crippen LogP contribution is 2.31. The molecule has 0 bridgehead atoms. The van der Waals surface area contributed by atoms with E-state index in [0.29, 0.717) is 13.0 Å². The predicted octanol–water partition coefficient (Wildman–Crippen LogP) is 2.72. The van der Waals surface area contributed by atoms with Crippen LogP contribution in [0.25, 0.3) is 0 Å². The van der Waals surface area contributed by atoms with Gasteiger partial charge in [0.25, 0.3) is 0 Å². The van der Waals surface area contributed by atoms with Crippen LogP contribution in [0.3, 0.4) is 0 Å². The van der Waals surface area contributed by atoms with E-state index >= 15 is 0 Å². The summed E-state index contributed by atoms with van der Waals surface area (Å²) in [6, 6.07) is 15.1. The molecule has 1 N–H and O–H groups in total. The molecule has 5 heteroatoms. The van der Waals surface area contributed by atoms with E-state index in [2.05, 4.69) is 59.4 Å². The molecule has 29 heavy (non-hydrogen) atoms. The molecule has 5 nitrogen and oxygen atoms in total. The molecular weight excluding hydrogens is 362 g/mol. The fourth-order valence-corrected chi connectivity index (χ4v) is 4.42. The van der Waals surface area contributed by atoms with Gasteiger partial charge in [-0.3, -0.25) is 9.69 Å². The summed E-state index contributed by atoms with van der Waals surface area (Å²) in [7, 11) is 2.15. The first-order valence-electron chi connectivity index (χ1n) is 10.6. The maximum absolute atomic E-state index is 12.6. The summed E-state index contributed by atoms with van der Waals surface area (Å²) in [5, 5.41) is 3.19. The van der Waals surface area contributed by atoms with Crippen LogP contribution in [0.4, 0.5) is 5.69 Å². The monoisotopic (exact) mass is 393 g/mol. The zero-order valence-electron chi connectivity index (χ0n) is 17.5. The van der Waals surface area contributed by atoms with Crippen LogP contribution in [0.2, 0.25) is 0 Å². The first-order valence-corrected chi connectivity index (χ1v) is 10.6. The van der Waals surface area contributed by atoms with Crippen molar-refractivity contribution in [3.05, 3.63) is 64.7 Å². The number of benzene rings is 2. The van der Waals surface area contributed by atoms with Crippen molar-refractivity contribution < 1.29 is 9.53 Å². The summed E-state index contributed by atoms with van der Waals surface area (Å²) in [6.07, 6.45) is 1.52. The topological polar surface area (TPSA) is 44.8 Å². The van der Waals surface area contributed by atoms with Gasteiger partial charge in [-0.15, -0.1) is 0 Å². The van der Waals surface area contributed by atoms with Crippen LogP contribution in [-0.2, 0) is 22.4 Å². The number of anilines is 1. The molecule has 0 aromatic heterocycles. The largest absolute Gasteiger partial charge is 0.379 e. The van der Waals surface area contributed by atoms with Crippen LogP contribution in [0.5, 0.6) is 0 Å². The van der Waals surface area contributed by atoms with Crippen molar-refractivity contribution in [3.8, 4) is 0 Å². The second-order valence-corrected chi connectivity index (χ2v) is 8.19. The number of hydrogen-bond donors (Lipinski definition) is 1. The lowest BCUT2D eigenvalue weighted by atomic mass is 10.00. The van der Waals surface area contributed by atoms with E-state index in [1.54, 1.807) is 0 Å². The molecule has 1 atom stereocenters. The lowest BCUT2D eigenvalue weighted by molar-refractivity contribution is -0.120. The number of amides is 1. The van der Waals surface area contributed by atoms with Gasteiger partial charge in [0.15, 0.2) is 0 Å². The number of likely N-dealkylation sites (N-methyl/N-ethyl adjacent to an activating group) is 1. The highest BCUT2D eigenvalue weighted by molar-refractivity contribution is 5.78. The fourth-order valence-electron chi connectivity index (χ4n) is 4.42. The molecule has 0 aliphatic carbocycles. The molecule has 2 aliphatic rings. The van der Waals surface area contributed by atoms with Crippen LogP contribution in [0.1, 0.15) is 28.3 Å². The quantitative estimate of drug-likeness (QED) is 0.820. The maximum atomic E-state index is 12.6. The Kier molecular flexibility index (Phi) is 6.16. The van der Waals surface area contributed by atoms with Gasteiger partial charge in [-0.05, 0) is 36.1 Å². The molecule has 2 aromatic rings. The molecule has 2 aliphatic heterocycles. The molecule has 2 heterocycles. The van der Waals surface area contributed by atoms with Crippen LogP contribution in [0, 0.1) is 6.92 Å². The Morgan fingerprint density at radius 1 is 1.14 bits per heavy atom. The number of carbonyl (C=O) groups excluding carboxylic acids is 1. The molecule has 0 radical (unpaired) electrons. The van der Waals surface area contributed by atoms with Gasteiger partial charge in [0, 0.05) is 38.9 Å². The van der Waals surface area contributed by atoms with E-state index < -0.39 is 0 Å². The van der Waals surface area contributed by atoms with Gasteiger partial charge in [-0.2, -0.15) is 0 Å². The maximum Gasteiger partial charge on any atom is 0.224 e. The van der Waals surface area contributed by atoms with Gasteiger partial charge in [0.2, 0.25) is 5.91 Å². The second-order valence-electron chi connectivity index (χ2n) is 8.19. The molecule has 154 valence electrons. The van der Waals surface area contributed by atoms with Crippen LogP contribution < -0.4 is 10.2 Å². The van der Waals surface area contributed by atoms with Crippen LogP contribution in [0.15, 0.2) is 42.5 Å². The van der Waals surface area contributed by atoms with E-state index in [0.717, 1.165) is 44.8 Å². The highest BCUT2D eigenvalue weighted by atomic mass is 16.5. The van der Waals surface area contributed by atoms with Gasteiger partial charge < -0.3 is 15.0 Å². The summed E-state index contributed by atoms with van der Waals surface area (Å²) >= 11 is 0. The van der Waals surface area contributed by atoms with Crippen molar-refractivity contribution in [2.75, 3.05) is 51.3 Å². The first-order chi connectivity index (χ1) is 14.1. The molecule has 1 fully saturated rings. The van der Waals surface area contributed by atoms with Crippen LogP contribution >= 0.6 is 0 Å². The lowest BCUT2D eigenvalue weighted by Crippen LogP contribution is -2.44. The molecule has 2 aromatic carbocycles. The minimum absolute atomic E-state index is 0.0785. The van der Waals surface area contributed by atoms with E-state index in [9.17, 15) is 4.79 Å². The molecule has 0 unspecified atom stereocenters. The number of ether oxygens (including phenoxy) is 1. The number of rotatable bonds is 6. The molecule has 1 amide bonds. The van der Waals surface area contributed by atoms with Crippen molar-refractivity contribution >= 4 is 11.6 Å². The molecule has 1 saturated heterocycles. The molecule has 4 rings (SSSR count). The molecule has 0 saturated carbocycles. The lowest BCUT2D eigenvalue weighted by Gasteiger charge is -2.35. The summed E-state index contributed by atoms with van der Waals surface area (Å²) in [6.45, 7) is 7.06. The number of hydrogen-bond acceptors (Lipinski definition) is 4. The molecular formula is C24H31N3O2. The predicted molar refractivity (Wildman–Crippen MR) is 116 cm³/mol. The van der Waals surface area contributed by atoms with Gasteiger partial charge in [-0.25, -0.2) is 0 Å². The van der Waals surface area contributed by atoms with Gasteiger partial charge in [0.05, 0.1) is 25.7 Å². The van der Waals surface area contributed by atoms with Crippen molar-refractivity contribution in [3.63, 3.8) is 0 Å². The third kappa shape index (κ3) is 4.80. The first kappa shape index (κ1) is 19.9. The van der Waals surface area contributed by atoms with Gasteiger partial charge in [0.1, 0.15) is 0 Å². The zero-order valence-corrected chi connectivity index (χ0v) is 17.5. The van der Waals surface area contributed by atoms with Crippen molar-refractivity contribution in [2.24, 2.45) is 0 Å². The summed E-state index contributed by atoms with van der Waals surface area (Å²) in [5.41, 5.74) is 6.28. The Labute approximate surface area is 173 Å². The van der Waals surface area contributed by atoms with Crippen molar-refractivity contribution in [1.29, 1.82) is 0 Å². The third-order valence-electron chi connectivity index (χ3n) is 6.04. The standard InChI is InChI=1S/C24H31N3O2/c1-18-4-3-5-19(14-18)15-24(28)25-17-23(27-10-12-29-13-11-27)20-6-7-22-21(16-20)8-9-26(22)2/h3-7,14,16,23H,8-13,15,17H2,1-2H3,(H,25,28)/t23-/m0/s1. The Bertz CT molecular complexity index is 861. The van der Waals surface area contributed by atoms with Gasteiger partial charge >= 0.3 is 0 Å². The third-order valence-corrected chi connectivity index (χ3v) is 6.04. The Balaban J connectivity index is 1.47. The minimum atomic E-state index is 0.0785. The van der Waals surface area contributed by atoms with Crippen LogP contribution in [-0.4, -0.2) is 57.2 Å². The van der Waals surface area contributed by atoms with E-state index in [1.807, 2.05) is 12.1 Å². The SMILES string of the molecule is Cc1cccc(CC(=O)NC[C@@H](c2ccc3c(c2)CCN3C)N2CCOCC2)c1. The number of fused-ring (bicyclic) bond motifs is 1. The Morgan fingerprint density at radius 2 is 1.97 bits per heavy atom. The number of morpholine rings is 1. The summed E-state index contributed by atoms with van der Waals surface area (Å²) in [4.78, 5) is 17.4. The number of nitrogens with one attached hydrogen (secondary N) is 1. The minimum Gasteiger partial charge on any atom is -0.379 e. The van der Waals surface area contributed by atoms with E-state index in [-0.39, 0.29) is 11.9 Å². The number of nitrogens with zero attached hydrogens (tertiary/aromatic N) is 2. The highest BCUT2D eigenvalue weighted by Gasteiger charge is 2.25. The number of aryl methyl sites for hydroxylation is 1. The fraction of sp³-hybridized carbons (Fsp3) is 0.458. The van der Waals surface area contributed by atoms with Crippen molar-refractivity contribution in [2.45, 2.75) is 25.8 Å². The smallest absolute Gasteiger partial charge is 0.224 e. The second kappa shape index (κ2) is 8.97. The zero-order chi connectivity index (χ0) is 20.2. The Morgan fingerprint density at radius 3 is 2.76 bits per heavy atom. The van der Waals surface area contributed by atoms with E-state index in [1.165, 1.54) is 22.4 Å². The Hall–Kier alpha value is -2.37.